The van der Waals surface area contributed by atoms with Crippen LogP contribution in [-0.4, -0.2) is 50.1 Å². The van der Waals surface area contributed by atoms with E-state index >= 15 is 0 Å². The number of anilines is 1. The third kappa shape index (κ3) is 7.13. The predicted octanol–water partition coefficient (Wildman–Crippen LogP) is 2.89. The van der Waals surface area contributed by atoms with Crippen molar-refractivity contribution in [2.75, 3.05) is 24.1 Å². The minimum Gasteiger partial charge on any atom is -0.450 e. The highest BCUT2D eigenvalue weighted by Gasteiger charge is 2.28. The molecule has 7 nitrogen and oxygen atoms in total. The van der Waals surface area contributed by atoms with Crippen LogP contribution < -0.4 is 4.72 Å². The van der Waals surface area contributed by atoms with Crippen LogP contribution >= 0.6 is 0 Å². The van der Waals surface area contributed by atoms with Gasteiger partial charge in [0.2, 0.25) is 10.0 Å². The Morgan fingerprint density at radius 1 is 1.24 bits per heavy atom. The maximum Gasteiger partial charge on any atom is 0.410 e. The number of carbonyl (C=O) groups excluding carboxylic acids is 2. The highest BCUT2D eigenvalue weighted by atomic mass is 32.2. The van der Waals surface area contributed by atoms with Gasteiger partial charge in [0.05, 0.1) is 12.9 Å². The van der Waals surface area contributed by atoms with Gasteiger partial charge in [-0.15, -0.1) is 0 Å². The Balaban J connectivity index is 2.84. The van der Waals surface area contributed by atoms with Crippen molar-refractivity contribution >= 4 is 27.6 Å². The first-order chi connectivity index (χ1) is 11.4. The average molecular weight is 370 g/mol. The molecule has 0 aromatic heterocycles. The van der Waals surface area contributed by atoms with E-state index in [2.05, 4.69) is 4.72 Å². The fraction of sp³-hybridized carbons (Fsp3) is 0.529. The van der Waals surface area contributed by atoms with Crippen LogP contribution in [0.1, 0.15) is 44.5 Å². The van der Waals surface area contributed by atoms with Crippen LogP contribution in [0.2, 0.25) is 0 Å². The number of hydrogen-bond acceptors (Lipinski definition) is 5. The molecule has 0 saturated heterocycles. The number of rotatable bonds is 7. The molecule has 1 rings (SSSR count). The molecule has 0 atom stereocenters. The fourth-order valence-electron chi connectivity index (χ4n) is 2.23. The van der Waals surface area contributed by atoms with E-state index in [0.717, 1.165) is 6.26 Å². The molecule has 1 aromatic carbocycles. The topological polar surface area (TPSA) is 92.8 Å². The minimum atomic E-state index is -3.41. The van der Waals surface area contributed by atoms with E-state index in [1.165, 1.54) is 11.0 Å². The number of hydrogen-bond donors (Lipinski definition) is 1. The monoisotopic (exact) mass is 370 g/mol. The summed E-state index contributed by atoms with van der Waals surface area (Å²) >= 11 is 0. The van der Waals surface area contributed by atoms with Crippen molar-refractivity contribution in [3.63, 3.8) is 0 Å². The number of ketones is 1. The third-order valence-corrected chi connectivity index (χ3v) is 3.95. The van der Waals surface area contributed by atoms with Crippen molar-refractivity contribution < 1.29 is 22.7 Å². The zero-order valence-corrected chi connectivity index (χ0v) is 16.1. The summed E-state index contributed by atoms with van der Waals surface area (Å²) in [6.45, 7) is 7.80. The Morgan fingerprint density at radius 2 is 1.88 bits per heavy atom. The van der Waals surface area contributed by atoms with Crippen molar-refractivity contribution in [3.8, 4) is 0 Å². The zero-order valence-electron chi connectivity index (χ0n) is 15.3. The molecule has 8 heteroatoms. The van der Waals surface area contributed by atoms with Crippen LogP contribution in [0.4, 0.5) is 10.5 Å². The summed E-state index contributed by atoms with van der Waals surface area (Å²) in [5.74, 6) is -0.185. The largest absolute Gasteiger partial charge is 0.450 e. The first kappa shape index (κ1) is 21.0. The predicted molar refractivity (Wildman–Crippen MR) is 97.3 cm³/mol. The number of Topliss-reactive ketones (excluding diaryl/α,β-unsaturated/α-hetero) is 1. The SMILES string of the molecule is CCOC(=O)N(CCC(=O)c1cccc(NS(C)(=O)=O)c1)C(C)(C)C. The molecule has 0 fully saturated rings. The Labute approximate surface area is 149 Å². The Morgan fingerprint density at radius 3 is 2.40 bits per heavy atom. The summed E-state index contributed by atoms with van der Waals surface area (Å²) in [5.41, 5.74) is 0.226. The van der Waals surface area contributed by atoms with Crippen molar-refractivity contribution in [1.29, 1.82) is 0 Å². The van der Waals surface area contributed by atoms with Crippen LogP contribution in [0.3, 0.4) is 0 Å². The molecule has 0 bridgehead atoms. The molecule has 1 amide bonds. The van der Waals surface area contributed by atoms with Gasteiger partial charge in [0.1, 0.15) is 0 Å². The summed E-state index contributed by atoms with van der Waals surface area (Å²) in [4.78, 5) is 26.0. The second-order valence-electron chi connectivity index (χ2n) is 6.65. The Hall–Kier alpha value is -2.09. The van der Waals surface area contributed by atoms with Crippen molar-refractivity contribution in [3.05, 3.63) is 29.8 Å². The van der Waals surface area contributed by atoms with Gasteiger partial charge in [0, 0.05) is 29.8 Å². The van der Waals surface area contributed by atoms with Crippen LogP contribution in [-0.2, 0) is 14.8 Å². The lowest BCUT2D eigenvalue weighted by Crippen LogP contribution is -2.46. The molecule has 25 heavy (non-hydrogen) atoms. The number of sulfonamides is 1. The Kier molecular flexibility index (Phi) is 6.98. The molecule has 0 unspecified atom stereocenters. The molecule has 0 aliphatic heterocycles. The smallest absolute Gasteiger partial charge is 0.410 e. The number of ether oxygens (including phenoxy) is 1. The van der Waals surface area contributed by atoms with E-state index in [1.54, 1.807) is 25.1 Å². The summed E-state index contributed by atoms with van der Waals surface area (Å²) < 4.78 is 30.0. The molecular formula is C17H26N2O5S. The number of benzene rings is 1. The number of amides is 1. The van der Waals surface area contributed by atoms with Gasteiger partial charge in [-0.3, -0.25) is 9.52 Å². The second kappa shape index (κ2) is 8.33. The van der Waals surface area contributed by atoms with E-state index in [4.69, 9.17) is 4.74 Å². The maximum atomic E-state index is 12.4. The van der Waals surface area contributed by atoms with Crippen LogP contribution in [0, 0.1) is 0 Å². The molecule has 140 valence electrons. The van der Waals surface area contributed by atoms with Crippen molar-refractivity contribution in [1.82, 2.24) is 4.90 Å². The third-order valence-electron chi connectivity index (χ3n) is 3.35. The van der Waals surface area contributed by atoms with E-state index < -0.39 is 21.7 Å². The van der Waals surface area contributed by atoms with Gasteiger partial charge in [-0.25, -0.2) is 13.2 Å². The summed E-state index contributed by atoms with van der Waals surface area (Å²) in [5, 5.41) is 0. The molecule has 0 spiro atoms. The number of carbonyl (C=O) groups is 2. The van der Waals surface area contributed by atoms with Gasteiger partial charge in [-0.2, -0.15) is 0 Å². The van der Waals surface area contributed by atoms with E-state index in [-0.39, 0.29) is 25.4 Å². The van der Waals surface area contributed by atoms with Gasteiger partial charge in [0.25, 0.3) is 0 Å². The van der Waals surface area contributed by atoms with Crippen LogP contribution in [0.25, 0.3) is 0 Å². The van der Waals surface area contributed by atoms with E-state index in [9.17, 15) is 18.0 Å². The highest BCUT2D eigenvalue weighted by Crippen LogP contribution is 2.18. The first-order valence-electron chi connectivity index (χ1n) is 7.99. The lowest BCUT2D eigenvalue weighted by molar-refractivity contribution is 0.0683. The highest BCUT2D eigenvalue weighted by molar-refractivity contribution is 7.92. The fourth-order valence-corrected chi connectivity index (χ4v) is 2.78. The average Bonchev–Trinajstić information content (AvgIpc) is 2.44. The summed E-state index contributed by atoms with van der Waals surface area (Å²) in [6, 6.07) is 6.27. The first-order valence-corrected chi connectivity index (χ1v) is 9.88. The molecule has 0 saturated carbocycles. The van der Waals surface area contributed by atoms with Gasteiger partial charge in [-0.05, 0) is 39.8 Å². The normalized spacial score (nSPS) is 11.7. The Bertz CT molecular complexity index is 723. The molecule has 1 aromatic rings. The molecule has 0 aliphatic carbocycles. The molecule has 0 radical (unpaired) electrons. The standard InChI is InChI=1S/C17H26N2O5S/c1-6-24-16(21)19(17(2,3)4)11-10-15(20)13-8-7-9-14(12-13)18-25(5,22)23/h7-9,12,18H,6,10-11H2,1-5H3. The maximum absolute atomic E-state index is 12.4. The van der Waals surface area contributed by atoms with Crippen LogP contribution in [0.5, 0.6) is 0 Å². The molecular weight excluding hydrogens is 344 g/mol. The second-order valence-corrected chi connectivity index (χ2v) is 8.40. The van der Waals surface area contributed by atoms with Crippen LogP contribution in [0.15, 0.2) is 24.3 Å². The zero-order chi connectivity index (χ0) is 19.3. The summed E-state index contributed by atoms with van der Waals surface area (Å²) in [6.07, 6.45) is 0.691. The lowest BCUT2D eigenvalue weighted by atomic mass is 10.0. The summed E-state index contributed by atoms with van der Waals surface area (Å²) in [7, 11) is -3.41. The van der Waals surface area contributed by atoms with Crippen molar-refractivity contribution in [2.24, 2.45) is 0 Å². The van der Waals surface area contributed by atoms with Gasteiger partial charge < -0.3 is 9.64 Å². The van der Waals surface area contributed by atoms with Gasteiger partial charge >= 0.3 is 6.09 Å². The molecule has 0 heterocycles. The van der Waals surface area contributed by atoms with Gasteiger partial charge in [0.15, 0.2) is 5.78 Å². The van der Waals surface area contributed by atoms with Crippen molar-refractivity contribution in [2.45, 2.75) is 39.7 Å². The number of nitrogens with zero attached hydrogens (tertiary/aromatic N) is 1. The number of nitrogens with one attached hydrogen (secondary N) is 1. The van der Waals surface area contributed by atoms with Gasteiger partial charge in [-0.1, -0.05) is 12.1 Å². The minimum absolute atomic E-state index is 0.110. The quantitative estimate of drug-likeness (QED) is 0.745. The lowest BCUT2D eigenvalue weighted by Gasteiger charge is -2.34. The molecule has 1 N–H and O–H groups in total. The van der Waals surface area contributed by atoms with E-state index in [1.807, 2.05) is 20.8 Å². The molecule has 0 aliphatic rings. The van der Waals surface area contributed by atoms with E-state index in [0.29, 0.717) is 11.3 Å².